The van der Waals surface area contributed by atoms with Crippen molar-refractivity contribution in [2.45, 2.75) is 6.92 Å². The van der Waals surface area contributed by atoms with Crippen LogP contribution in [0, 0.1) is 18.6 Å². The number of nitrogens with zero attached hydrogens (tertiary/aromatic N) is 1. The first-order valence-corrected chi connectivity index (χ1v) is 5.90. The molecule has 0 bridgehead atoms. The number of aryl methyl sites for hydroxylation is 1. The third kappa shape index (κ3) is 2.18. The van der Waals surface area contributed by atoms with E-state index < -0.39 is 17.4 Å². The van der Waals surface area contributed by atoms with E-state index in [9.17, 15) is 13.6 Å². The van der Waals surface area contributed by atoms with E-state index in [4.69, 9.17) is 0 Å². The lowest BCUT2D eigenvalue weighted by atomic mass is 10.0. The lowest BCUT2D eigenvalue weighted by molar-refractivity contribution is 0.103. The summed E-state index contributed by atoms with van der Waals surface area (Å²) in [6.45, 7) is 1.75. The molecule has 1 aromatic carbocycles. The van der Waals surface area contributed by atoms with Crippen LogP contribution in [-0.2, 0) is 0 Å². The number of pyridine rings is 1. The zero-order valence-electron chi connectivity index (χ0n) is 9.38. The molecule has 0 saturated heterocycles. The summed E-state index contributed by atoms with van der Waals surface area (Å²) in [5.41, 5.74) is 1.17. The minimum Gasteiger partial charge on any atom is -0.288 e. The van der Waals surface area contributed by atoms with Gasteiger partial charge in [-0.05, 0) is 46.6 Å². The van der Waals surface area contributed by atoms with E-state index in [0.29, 0.717) is 5.56 Å². The summed E-state index contributed by atoms with van der Waals surface area (Å²) < 4.78 is 26.2. The van der Waals surface area contributed by atoms with E-state index in [0.717, 1.165) is 11.6 Å². The van der Waals surface area contributed by atoms with Crippen LogP contribution >= 0.6 is 15.9 Å². The largest absolute Gasteiger partial charge is 0.288 e. The Balaban J connectivity index is 2.54. The van der Waals surface area contributed by atoms with Crippen molar-refractivity contribution < 1.29 is 13.6 Å². The monoisotopic (exact) mass is 311 g/mol. The van der Waals surface area contributed by atoms with Crippen molar-refractivity contribution in [3.8, 4) is 0 Å². The van der Waals surface area contributed by atoms with Crippen molar-refractivity contribution in [2.24, 2.45) is 0 Å². The van der Waals surface area contributed by atoms with Crippen LogP contribution in [-0.4, -0.2) is 10.8 Å². The average Bonchev–Trinajstić information content (AvgIpc) is 2.36. The quantitative estimate of drug-likeness (QED) is 0.626. The molecule has 2 nitrogen and oxygen atoms in total. The molecule has 0 aliphatic heterocycles. The van der Waals surface area contributed by atoms with Crippen LogP contribution in [0.25, 0.3) is 0 Å². The molecule has 0 amide bonds. The number of carbonyl (C=O) groups excluding carboxylic acids is 1. The van der Waals surface area contributed by atoms with E-state index in [1.807, 2.05) is 0 Å². The highest BCUT2D eigenvalue weighted by Crippen LogP contribution is 2.25. The Morgan fingerprint density at radius 1 is 1.22 bits per heavy atom. The summed E-state index contributed by atoms with van der Waals surface area (Å²) in [4.78, 5) is 16.1. The Bertz CT molecular complexity index is 628. The van der Waals surface area contributed by atoms with E-state index in [-0.39, 0.29) is 10.0 Å². The molecule has 0 aliphatic rings. The number of hydrogen-bond acceptors (Lipinski definition) is 2. The number of ketones is 1. The van der Waals surface area contributed by atoms with Gasteiger partial charge in [-0.25, -0.2) is 8.78 Å². The van der Waals surface area contributed by atoms with Crippen molar-refractivity contribution in [2.75, 3.05) is 0 Å². The smallest absolute Gasteiger partial charge is 0.196 e. The average molecular weight is 312 g/mol. The second-order valence-corrected chi connectivity index (χ2v) is 4.54. The minimum atomic E-state index is -1.07. The van der Waals surface area contributed by atoms with Crippen LogP contribution in [0.3, 0.4) is 0 Å². The minimum absolute atomic E-state index is 0.0741. The van der Waals surface area contributed by atoms with Gasteiger partial charge in [-0.15, -0.1) is 0 Å². The fourth-order valence-electron chi connectivity index (χ4n) is 1.55. The highest BCUT2D eigenvalue weighted by atomic mass is 79.9. The van der Waals surface area contributed by atoms with Crippen molar-refractivity contribution >= 4 is 21.7 Å². The summed E-state index contributed by atoms with van der Waals surface area (Å²) in [6.07, 6.45) is 2.97. The van der Waals surface area contributed by atoms with Crippen LogP contribution in [0.4, 0.5) is 8.78 Å². The SMILES string of the molecule is Cc1ccncc1C(=O)c1ccc(F)c(F)c1Br. The normalized spacial score (nSPS) is 10.4. The molecule has 0 radical (unpaired) electrons. The van der Waals surface area contributed by atoms with Crippen LogP contribution in [0.5, 0.6) is 0 Å². The molecule has 2 rings (SSSR count). The Labute approximate surface area is 111 Å². The molecule has 0 atom stereocenters. The highest BCUT2D eigenvalue weighted by Gasteiger charge is 2.19. The third-order valence-corrected chi connectivity index (χ3v) is 3.34. The summed E-state index contributed by atoms with van der Waals surface area (Å²) in [6, 6.07) is 3.86. The molecule has 0 aliphatic carbocycles. The molecule has 5 heteroatoms. The van der Waals surface area contributed by atoms with Crippen molar-refractivity contribution in [3.05, 3.63) is 63.4 Å². The Kier molecular flexibility index (Phi) is 3.52. The maximum atomic E-state index is 13.4. The summed E-state index contributed by atoms with van der Waals surface area (Å²) in [7, 11) is 0. The molecule has 0 unspecified atom stereocenters. The zero-order chi connectivity index (χ0) is 13.3. The van der Waals surface area contributed by atoms with Crippen LogP contribution < -0.4 is 0 Å². The Hall–Kier alpha value is -1.62. The van der Waals surface area contributed by atoms with Crippen molar-refractivity contribution in [3.63, 3.8) is 0 Å². The molecule has 92 valence electrons. The first-order chi connectivity index (χ1) is 8.52. The van der Waals surface area contributed by atoms with Crippen LogP contribution in [0.1, 0.15) is 21.5 Å². The molecule has 2 aromatic rings. The molecule has 0 N–H and O–H groups in total. The van der Waals surface area contributed by atoms with Crippen molar-refractivity contribution in [1.29, 1.82) is 0 Å². The number of hydrogen-bond donors (Lipinski definition) is 0. The van der Waals surface area contributed by atoms with Crippen LogP contribution in [0.15, 0.2) is 35.1 Å². The van der Waals surface area contributed by atoms with Gasteiger partial charge >= 0.3 is 0 Å². The number of aromatic nitrogens is 1. The van der Waals surface area contributed by atoms with Gasteiger partial charge in [-0.3, -0.25) is 9.78 Å². The fraction of sp³-hybridized carbons (Fsp3) is 0.0769. The van der Waals surface area contributed by atoms with Gasteiger partial charge in [-0.1, -0.05) is 0 Å². The lowest BCUT2D eigenvalue weighted by Crippen LogP contribution is -2.06. The predicted octanol–water partition coefficient (Wildman–Crippen LogP) is 3.66. The van der Waals surface area contributed by atoms with Gasteiger partial charge in [0.15, 0.2) is 17.4 Å². The van der Waals surface area contributed by atoms with Gasteiger partial charge in [0, 0.05) is 23.5 Å². The van der Waals surface area contributed by atoms with E-state index in [1.165, 1.54) is 12.3 Å². The molecule has 18 heavy (non-hydrogen) atoms. The second-order valence-electron chi connectivity index (χ2n) is 3.74. The number of halogens is 3. The second kappa shape index (κ2) is 4.94. The van der Waals surface area contributed by atoms with Gasteiger partial charge in [0.1, 0.15) is 0 Å². The van der Waals surface area contributed by atoms with Crippen LogP contribution in [0.2, 0.25) is 0 Å². The Morgan fingerprint density at radius 3 is 2.61 bits per heavy atom. The Morgan fingerprint density at radius 2 is 1.94 bits per heavy atom. The number of benzene rings is 1. The number of rotatable bonds is 2. The van der Waals surface area contributed by atoms with E-state index >= 15 is 0 Å². The van der Waals surface area contributed by atoms with E-state index in [1.54, 1.807) is 19.2 Å². The lowest BCUT2D eigenvalue weighted by Gasteiger charge is -2.07. The van der Waals surface area contributed by atoms with Gasteiger partial charge in [0.05, 0.1) is 4.47 Å². The van der Waals surface area contributed by atoms with Gasteiger partial charge < -0.3 is 0 Å². The summed E-state index contributed by atoms with van der Waals surface area (Å²) >= 11 is 2.90. The van der Waals surface area contributed by atoms with Gasteiger partial charge in [-0.2, -0.15) is 0 Å². The molecular weight excluding hydrogens is 304 g/mol. The third-order valence-electron chi connectivity index (χ3n) is 2.56. The number of carbonyl (C=O) groups is 1. The molecule has 0 saturated carbocycles. The molecular formula is C13H8BrF2NO. The molecule has 0 spiro atoms. The summed E-state index contributed by atoms with van der Waals surface area (Å²) in [5.74, 6) is -2.46. The fourth-order valence-corrected chi connectivity index (χ4v) is 2.05. The summed E-state index contributed by atoms with van der Waals surface area (Å²) in [5, 5.41) is 0. The topological polar surface area (TPSA) is 30.0 Å². The predicted molar refractivity (Wildman–Crippen MR) is 66.5 cm³/mol. The standard InChI is InChI=1S/C13H8BrF2NO/c1-7-4-5-17-6-9(7)13(18)8-2-3-10(15)12(16)11(8)14/h2-6H,1H3. The zero-order valence-corrected chi connectivity index (χ0v) is 11.0. The highest BCUT2D eigenvalue weighted by molar-refractivity contribution is 9.10. The maximum absolute atomic E-state index is 13.4. The van der Waals surface area contributed by atoms with E-state index in [2.05, 4.69) is 20.9 Å². The van der Waals surface area contributed by atoms with Gasteiger partial charge in [0.25, 0.3) is 0 Å². The molecule has 0 fully saturated rings. The molecule has 1 heterocycles. The first kappa shape index (κ1) is 12.8. The van der Waals surface area contributed by atoms with Crippen molar-refractivity contribution in [1.82, 2.24) is 4.98 Å². The molecule has 1 aromatic heterocycles. The maximum Gasteiger partial charge on any atom is 0.196 e. The van der Waals surface area contributed by atoms with Gasteiger partial charge in [0.2, 0.25) is 0 Å². The first-order valence-electron chi connectivity index (χ1n) is 5.11.